The molecular weight excluding hydrogens is 356 g/mol. The maximum atomic E-state index is 13.0. The first-order valence-electron chi connectivity index (χ1n) is 8.68. The molecule has 0 radical (unpaired) electrons. The highest BCUT2D eigenvalue weighted by molar-refractivity contribution is 7.89. The van der Waals surface area contributed by atoms with E-state index in [2.05, 4.69) is 15.5 Å². The van der Waals surface area contributed by atoms with Crippen molar-refractivity contribution >= 4 is 15.9 Å². The third-order valence-electron chi connectivity index (χ3n) is 4.30. The van der Waals surface area contributed by atoms with Crippen molar-refractivity contribution in [2.24, 2.45) is 0 Å². The molecule has 2 N–H and O–H groups in total. The zero-order valence-corrected chi connectivity index (χ0v) is 16.2. The van der Waals surface area contributed by atoms with Crippen molar-refractivity contribution in [2.45, 2.75) is 11.4 Å². The number of nitrogens with one attached hydrogen (secondary N) is 2. The van der Waals surface area contributed by atoms with Gasteiger partial charge in [-0.15, -0.1) is 0 Å². The van der Waals surface area contributed by atoms with Gasteiger partial charge in [0.2, 0.25) is 15.9 Å². The highest BCUT2D eigenvalue weighted by Gasteiger charge is 2.29. The summed E-state index contributed by atoms with van der Waals surface area (Å²) >= 11 is 0. The van der Waals surface area contributed by atoms with Crippen LogP contribution in [0.15, 0.2) is 29.2 Å². The second kappa shape index (κ2) is 9.98. The first-order valence-corrected chi connectivity index (χ1v) is 10.1. The Morgan fingerprint density at radius 3 is 2.58 bits per heavy atom. The largest absolute Gasteiger partial charge is 0.383 e. The average Bonchev–Trinajstić information content (AvgIpc) is 2.64. The predicted octanol–water partition coefficient (Wildman–Crippen LogP) is -0.525. The second-order valence-electron chi connectivity index (χ2n) is 6.26. The molecule has 26 heavy (non-hydrogen) atoms. The Morgan fingerprint density at radius 1 is 1.19 bits per heavy atom. The van der Waals surface area contributed by atoms with Gasteiger partial charge in [0.1, 0.15) is 0 Å². The number of sulfonamides is 1. The molecule has 2 rings (SSSR count). The van der Waals surface area contributed by atoms with Gasteiger partial charge in [0.15, 0.2) is 0 Å². The molecule has 1 heterocycles. The van der Waals surface area contributed by atoms with Gasteiger partial charge in [-0.1, -0.05) is 18.2 Å². The van der Waals surface area contributed by atoms with Crippen LogP contribution in [0.5, 0.6) is 0 Å². The molecule has 0 aliphatic carbocycles. The standard InChI is InChI=1S/C17H28N4O4S/c1-20-8-10-21(11-9-20)26(23,24)16-6-4-3-5-15(16)13-19-17(22)14-18-7-12-25-2/h3-6,18H,7-14H2,1-2H3,(H,19,22). The Labute approximate surface area is 155 Å². The predicted molar refractivity (Wildman–Crippen MR) is 99.3 cm³/mol. The van der Waals surface area contributed by atoms with Gasteiger partial charge in [-0.25, -0.2) is 8.42 Å². The number of piperazine rings is 1. The first-order chi connectivity index (χ1) is 12.4. The zero-order chi connectivity index (χ0) is 19.0. The molecule has 0 saturated carbocycles. The molecule has 1 aliphatic rings. The number of amides is 1. The number of carbonyl (C=O) groups is 1. The number of hydrogen-bond donors (Lipinski definition) is 2. The van der Waals surface area contributed by atoms with E-state index in [1.165, 1.54) is 4.31 Å². The smallest absolute Gasteiger partial charge is 0.243 e. The van der Waals surface area contributed by atoms with Crippen LogP contribution >= 0.6 is 0 Å². The second-order valence-corrected chi connectivity index (χ2v) is 8.17. The Morgan fingerprint density at radius 2 is 1.88 bits per heavy atom. The van der Waals surface area contributed by atoms with Gasteiger partial charge < -0.3 is 20.3 Å². The van der Waals surface area contributed by atoms with Crippen molar-refractivity contribution in [1.29, 1.82) is 0 Å². The van der Waals surface area contributed by atoms with Crippen molar-refractivity contribution in [3.8, 4) is 0 Å². The summed E-state index contributed by atoms with van der Waals surface area (Å²) in [6.45, 7) is 3.82. The summed E-state index contributed by atoms with van der Waals surface area (Å²) in [6, 6.07) is 6.83. The monoisotopic (exact) mass is 384 g/mol. The number of ether oxygens (including phenoxy) is 1. The molecule has 1 aromatic rings. The Balaban J connectivity index is 1.99. The third kappa shape index (κ3) is 5.75. The van der Waals surface area contributed by atoms with E-state index >= 15 is 0 Å². The van der Waals surface area contributed by atoms with Crippen molar-refractivity contribution < 1.29 is 17.9 Å². The number of likely N-dealkylation sites (N-methyl/N-ethyl adjacent to an activating group) is 1. The Hall–Kier alpha value is -1.52. The van der Waals surface area contributed by atoms with E-state index in [-0.39, 0.29) is 23.9 Å². The molecule has 0 unspecified atom stereocenters. The molecule has 1 amide bonds. The highest BCUT2D eigenvalue weighted by Crippen LogP contribution is 2.21. The molecule has 0 bridgehead atoms. The number of nitrogens with zero attached hydrogens (tertiary/aromatic N) is 2. The van der Waals surface area contributed by atoms with E-state index in [1.807, 2.05) is 7.05 Å². The van der Waals surface area contributed by atoms with Crippen molar-refractivity contribution in [3.05, 3.63) is 29.8 Å². The first kappa shape index (κ1) is 20.8. The van der Waals surface area contributed by atoms with E-state index in [0.29, 0.717) is 44.9 Å². The lowest BCUT2D eigenvalue weighted by atomic mass is 10.2. The molecule has 146 valence electrons. The maximum absolute atomic E-state index is 13.0. The molecule has 1 saturated heterocycles. The number of hydrogen-bond acceptors (Lipinski definition) is 6. The molecule has 1 fully saturated rings. The lowest BCUT2D eigenvalue weighted by molar-refractivity contribution is -0.120. The highest BCUT2D eigenvalue weighted by atomic mass is 32.2. The summed E-state index contributed by atoms with van der Waals surface area (Å²) in [6.07, 6.45) is 0. The topological polar surface area (TPSA) is 91.0 Å². The summed E-state index contributed by atoms with van der Waals surface area (Å²) in [5.41, 5.74) is 0.594. The van der Waals surface area contributed by atoms with Gasteiger partial charge in [0.05, 0.1) is 18.0 Å². The van der Waals surface area contributed by atoms with Crippen LogP contribution in [0, 0.1) is 0 Å². The normalized spacial score (nSPS) is 16.5. The molecule has 9 heteroatoms. The van der Waals surface area contributed by atoms with E-state index in [1.54, 1.807) is 31.4 Å². The molecule has 8 nitrogen and oxygen atoms in total. The van der Waals surface area contributed by atoms with Gasteiger partial charge in [0.25, 0.3) is 0 Å². The van der Waals surface area contributed by atoms with Crippen molar-refractivity contribution in [3.63, 3.8) is 0 Å². The Kier molecular flexibility index (Phi) is 7.98. The SMILES string of the molecule is COCCNCC(=O)NCc1ccccc1S(=O)(=O)N1CCN(C)CC1. The van der Waals surface area contributed by atoms with Gasteiger partial charge >= 0.3 is 0 Å². The lowest BCUT2D eigenvalue weighted by Gasteiger charge is -2.32. The van der Waals surface area contributed by atoms with Gasteiger partial charge in [-0.2, -0.15) is 4.31 Å². The molecule has 1 aromatic carbocycles. The van der Waals surface area contributed by atoms with Crippen LogP contribution in [0.3, 0.4) is 0 Å². The molecule has 1 aliphatic heterocycles. The fourth-order valence-corrected chi connectivity index (χ4v) is 4.35. The van der Waals surface area contributed by atoms with Crippen LogP contribution < -0.4 is 10.6 Å². The van der Waals surface area contributed by atoms with Crippen molar-refractivity contribution in [2.75, 3.05) is 60.0 Å². The Bertz CT molecular complexity index is 688. The molecule has 0 spiro atoms. The molecular formula is C17H28N4O4S. The molecule has 0 aromatic heterocycles. The van der Waals surface area contributed by atoms with Crippen LogP contribution in [0.1, 0.15) is 5.56 Å². The lowest BCUT2D eigenvalue weighted by Crippen LogP contribution is -2.47. The van der Waals surface area contributed by atoms with Crippen LogP contribution in [0.4, 0.5) is 0 Å². The van der Waals surface area contributed by atoms with Crippen LogP contribution in [0.2, 0.25) is 0 Å². The minimum absolute atomic E-state index is 0.163. The quantitative estimate of drug-likeness (QED) is 0.557. The van der Waals surface area contributed by atoms with E-state index in [0.717, 1.165) is 0 Å². The summed E-state index contributed by atoms with van der Waals surface area (Å²) in [7, 11) is 0.0119. The van der Waals surface area contributed by atoms with Crippen LogP contribution in [0.25, 0.3) is 0 Å². The summed E-state index contributed by atoms with van der Waals surface area (Å²) in [5, 5.41) is 5.72. The number of carbonyl (C=O) groups excluding carboxylic acids is 1. The fourth-order valence-electron chi connectivity index (χ4n) is 2.70. The minimum atomic E-state index is -3.57. The maximum Gasteiger partial charge on any atom is 0.243 e. The summed E-state index contributed by atoms with van der Waals surface area (Å²) in [4.78, 5) is 14.3. The van der Waals surface area contributed by atoms with E-state index in [9.17, 15) is 13.2 Å². The van der Waals surface area contributed by atoms with Gasteiger partial charge in [0, 0.05) is 46.4 Å². The zero-order valence-electron chi connectivity index (χ0n) is 15.4. The number of methoxy groups -OCH3 is 1. The number of benzene rings is 1. The van der Waals surface area contributed by atoms with Gasteiger partial charge in [-0.05, 0) is 18.7 Å². The minimum Gasteiger partial charge on any atom is -0.383 e. The van der Waals surface area contributed by atoms with E-state index < -0.39 is 10.0 Å². The van der Waals surface area contributed by atoms with Gasteiger partial charge in [-0.3, -0.25) is 4.79 Å². The molecule has 0 atom stereocenters. The summed E-state index contributed by atoms with van der Waals surface area (Å²) in [5.74, 6) is -0.187. The summed E-state index contributed by atoms with van der Waals surface area (Å²) < 4.78 is 32.4. The number of rotatable bonds is 9. The average molecular weight is 385 g/mol. The van der Waals surface area contributed by atoms with Crippen molar-refractivity contribution in [1.82, 2.24) is 19.8 Å². The third-order valence-corrected chi connectivity index (χ3v) is 6.30. The fraction of sp³-hybridized carbons (Fsp3) is 0.588. The van der Waals surface area contributed by atoms with E-state index in [4.69, 9.17) is 4.74 Å². The van der Waals surface area contributed by atoms with Crippen LogP contribution in [-0.2, 0) is 26.1 Å². The van der Waals surface area contributed by atoms with Crippen LogP contribution in [-0.4, -0.2) is 83.6 Å².